The van der Waals surface area contributed by atoms with Gasteiger partial charge in [-0.3, -0.25) is 4.79 Å². The smallest absolute Gasteiger partial charge is 0.225 e. The average Bonchev–Trinajstić information content (AvgIpc) is 2.34. The number of rotatable bonds is 5. The molecule has 0 spiro atoms. The molecule has 1 fully saturated rings. The van der Waals surface area contributed by atoms with Gasteiger partial charge in [-0.15, -0.1) is 0 Å². The van der Waals surface area contributed by atoms with E-state index in [1.165, 1.54) is 0 Å². The van der Waals surface area contributed by atoms with E-state index in [2.05, 4.69) is 0 Å². The number of carbonyl (C=O) groups is 1. The SMILES string of the molecule is CC(O)CCN(C)C(=O)C(C)C1CCCC(N)C1. The Kier molecular flexibility index (Phi) is 6.09. The summed E-state index contributed by atoms with van der Waals surface area (Å²) in [6.07, 6.45) is 4.61. The highest BCUT2D eigenvalue weighted by molar-refractivity contribution is 5.78. The lowest BCUT2D eigenvalue weighted by Crippen LogP contribution is -2.39. The van der Waals surface area contributed by atoms with E-state index < -0.39 is 0 Å². The first-order valence-corrected chi connectivity index (χ1v) is 7.10. The predicted octanol–water partition coefficient (Wildman–Crippen LogP) is 1.37. The monoisotopic (exact) mass is 256 g/mol. The quantitative estimate of drug-likeness (QED) is 0.780. The third-order valence-electron chi connectivity index (χ3n) is 4.11. The van der Waals surface area contributed by atoms with Crippen LogP contribution in [-0.2, 0) is 4.79 Å². The first-order valence-electron chi connectivity index (χ1n) is 7.10. The number of hydrogen-bond acceptors (Lipinski definition) is 3. The van der Waals surface area contributed by atoms with Gasteiger partial charge in [-0.25, -0.2) is 0 Å². The van der Waals surface area contributed by atoms with Crippen molar-refractivity contribution >= 4 is 5.91 Å². The molecule has 4 heteroatoms. The second kappa shape index (κ2) is 7.10. The Morgan fingerprint density at radius 3 is 2.67 bits per heavy atom. The van der Waals surface area contributed by atoms with E-state index in [9.17, 15) is 9.90 Å². The van der Waals surface area contributed by atoms with Gasteiger partial charge in [-0.05, 0) is 38.5 Å². The van der Waals surface area contributed by atoms with Crippen LogP contribution < -0.4 is 5.73 Å². The van der Waals surface area contributed by atoms with Gasteiger partial charge in [-0.2, -0.15) is 0 Å². The van der Waals surface area contributed by atoms with Gasteiger partial charge in [0.05, 0.1) is 6.10 Å². The zero-order valence-electron chi connectivity index (χ0n) is 11.9. The Morgan fingerprint density at radius 2 is 2.11 bits per heavy atom. The van der Waals surface area contributed by atoms with E-state index in [-0.39, 0.29) is 24.0 Å². The molecule has 1 saturated carbocycles. The topological polar surface area (TPSA) is 66.6 Å². The minimum Gasteiger partial charge on any atom is -0.393 e. The molecule has 0 heterocycles. The third-order valence-corrected chi connectivity index (χ3v) is 4.11. The summed E-state index contributed by atoms with van der Waals surface area (Å²) in [5.74, 6) is 0.667. The number of aliphatic hydroxyl groups excluding tert-OH is 1. The summed E-state index contributed by atoms with van der Waals surface area (Å²) >= 11 is 0. The lowest BCUT2D eigenvalue weighted by Gasteiger charge is -2.32. The molecule has 0 saturated heterocycles. The maximum absolute atomic E-state index is 12.3. The summed E-state index contributed by atoms with van der Waals surface area (Å²) < 4.78 is 0. The van der Waals surface area contributed by atoms with Crippen LogP contribution in [0.15, 0.2) is 0 Å². The Balaban J connectivity index is 2.44. The van der Waals surface area contributed by atoms with Gasteiger partial charge in [0.15, 0.2) is 0 Å². The Hall–Kier alpha value is -0.610. The summed E-state index contributed by atoms with van der Waals surface area (Å²) in [4.78, 5) is 14.0. The lowest BCUT2D eigenvalue weighted by molar-refractivity contribution is -0.136. The van der Waals surface area contributed by atoms with Crippen molar-refractivity contribution in [3.63, 3.8) is 0 Å². The molecule has 1 amide bonds. The number of carbonyl (C=O) groups excluding carboxylic acids is 1. The van der Waals surface area contributed by atoms with Crippen LogP contribution in [0.25, 0.3) is 0 Å². The maximum atomic E-state index is 12.3. The van der Waals surface area contributed by atoms with Crippen LogP contribution in [0.5, 0.6) is 0 Å². The van der Waals surface area contributed by atoms with Crippen molar-refractivity contribution in [2.24, 2.45) is 17.6 Å². The maximum Gasteiger partial charge on any atom is 0.225 e. The third kappa shape index (κ3) is 4.58. The molecule has 18 heavy (non-hydrogen) atoms. The highest BCUT2D eigenvalue weighted by atomic mass is 16.3. The van der Waals surface area contributed by atoms with Crippen molar-refractivity contribution in [3.05, 3.63) is 0 Å². The van der Waals surface area contributed by atoms with Crippen molar-refractivity contribution in [1.29, 1.82) is 0 Å². The van der Waals surface area contributed by atoms with E-state index >= 15 is 0 Å². The number of aliphatic hydroxyl groups is 1. The fraction of sp³-hybridized carbons (Fsp3) is 0.929. The van der Waals surface area contributed by atoms with E-state index in [0.717, 1.165) is 25.7 Å². The molecule has 0 bridgehead atoms. The molecule has 4 unspecified atom stereocenters. The van der Waals surface area contributed by atoms with Crippen LogP contribution in [0.1, 0.15) is 46.0 Å². The Labute approximate surface area is 111 Å². The molecule has 1 aliphatic carbocycles. The Bertz CT molecular complexity index is 269. The highest BCUT2D eigenvalue weighted by Crippen LogP contribution is 2.30. The summed E-state index contributed by atoms with van der Waals surface area (Å²) in [5, 5.41) is 9.25. The zero-order valence-corrected chi connectivity index (χ0v) is 11.9. The fourth-order valence-corrected chi connectivity index (χ4v) is 2.76. The number of nitrogens with two attached hydrogens (primary N) is 1. The minimum atomic E-state index is -0.348. The van der Waals surface area contributed by atoms with Crippen molar-refractivity contribution in [2.45, 2.75) is 58.1 Å². The van der Waals surface area contributed by atoms with Crippen LogP contribution in [0.3, 0.4) is 0 Å². The van der Waals surface area contributed by atoms with Crippen molar-refractivity contribution in [1.82, 2.24) is 4.90 Å². The molecule has 106 valence electrons. The largest absolute Gasteiger partial charge is 0.393 e. The summed E-state index contributed by atoms with van der Waals surface area (Å²) in [6, 6.07) is 0.266. The lowest BCUT2D eigenvalue weighted by atomic mass is 9.78. The zero-order chi connectivity index (χ0) is 13.7. The first kappa shape index (κ1) is 15.4. The van der Waals surface area contributed by atoms with Gasteiger partial charge < -0.3 is 15.7 Å². The average molecular weight is 256 g/mol. The molecule has 0 aromatic rings. The number of hydrogen-bond donors (Lipinski definition) is 2. The molecule has 1 rings (SSSR count). The van der Waals surface area contributed by atoms with Gasteiger partial charge in [0.1, 0.15) is 0 Å². The number of nitrogens with zero attached hydrogens (tertiary/aromatic N) is 1. The molecule has 0 aromatic carbocycles. The molecule has 0 radical (unpaired) electrons. The molecule has 4 atom stereocenters. The van der Waals surface area contributed by atoms with Gasteiger partial charge in [-0.1, -0.05) is 13.3 Å². The Morgan fingerprint density at radius 1 is 1.44 bits per heavy atom. The van der Waals surface area contributed by atoms with Crippen LogP contribution >= 0.6 is 0 Å². The number of amides is 1. The van der Waals surface area contributed by atoms with Crippen molar-refractivity contribution in [2.75, 3.05) is 13.6 Å². The predicted molar refractivity (Wildman–Crippen MR) is 73.0 cm³/mol. The second-order valence-electron chi connectivity index (χ2n) is 5.87. The molecule has 3 N–H and O–H groups in total. The van der Waals surface area contributed by atoms with Gasteiger partial charge >= 0.3 is 0 Å². The molecule has 0 aromatic heterocycles. The molecular formula is C14H28N2O2. The van der Waals surface area contributed by atoms with Gasteiger partial charge in [0.2, 0.25) is 5.91 Å². The van der Waals surface area contributed by atoms with E-state index in [1.807, 2.05) is 14.0 Å². The van der Waals surface area contributed by atoms with Crippen molar-refractivity contribution in [3.8, 4) is 0 Å². The minimum absolute atomic E-state index is 0.0512. The van der Waals surface area contributed by atoms with Crippen LogP contribution in [0.2, 0.25) is 0 Å². The van der Waals surface area contributed by atoms with E-state index in [0.29, 0.717) is 18.9 Å². The van der Waals surface area contributed by atoms with Crippen molar-refractivity contribution < 1.29 is 9.90 Å². The first-order chi connectivity index (χ1) is 8.41. The van der Waals surface area contributed by atoms with Gasteiger partial charge in [0.25, 0.3) is 0 Å². The molecule has 4 nitrogen and oxygen atoms in total. The van der Waals surface area contributed by atoms with Crippen LogP contribution in [0, 0.1) is 11.8 Å². The summed E-state index contributed by atoms with van der Waals surface area (Å²) in [7, 11) is 1.82. The normalized spacial score (nSPS) is 27.6. The summed E-state index contributed by atoms with van der Waals surface area (Å²) in [5.41, 5.74) is 5.98. The molecular weight excluding hydrogens is 228 g/mol. The second-order valence-corrected chi connectivity index (χ2v) is 5.87. The molecule has 1 aliphatic rings. The van der Waals surface area contributed by atoms with Crippen LogP contribution in [-0.4, -0.2) is 41.7 Å². The van der Waals surface area contributed by atoms with Gasteiger partial charge in [0, 0.05) is 25.6 Å². The highest BCUT2D eigenvalue weighted by Gasteiger charge is 2.29. The summed E-state index contributed by atoms with van der Waals surface area (Å²) in [6.45, 7) is 4.39. The van der Waals surface area contributed by atoms with E-state index in [1.54, 1.807) is 11.8 Å². The van der Waals surface area contributed by atoms with Crippen LogP contribution in [0.4, 0.5) is 0 Å². The standard InChI is InChI=1S/C14H28N2O2/c1-10(17)7-8-16(3)14(18)11(2)12-5-4-6-13(15)9-12/h10-13,17H,4-9,15H2,1-3H3. The fourth-order valence-electron chi connectivity index (χ4n) is 2.76. The van der Waals surface area contributed by atoms with E-state index in [4.69, 9.17) is 5.73 Å². The molecule has 0 aliphatic heterocycles.